The van der Waals surface area contributed by atoms with Crippen LogP contribution in [0.15, 0.2) is 41.0 Å². The first kappa shape index (κ1) is 23.4. The molecule has 1 aliphatic rings. The van der Waals surface area contributed by atoms with E-state index in [0.29, 0.717) is 31.1 Å². The highest BCUT2D eigenvalue weighted by Gasteiger charge is 2.24. The Bertz CT molecular complexity index is 723. The molecule has 0 bridgehead atoms. The predicted molar refractivity (Wildman–Crippen MR) is 105 cm³/mol. The van der Waals surface area contributed by atoms with Crippen molar-refractivity contribution >= 4 is 30.7 Å². The lowest BCUT2D eigenvalue weighted by atomic mass is 10.0. The van der Waals surface area contributed by atoms with Gasteiger partial charge in [0.25, 0.3) is 5.91 Å². The van der Waals surface area contributed by atoms with Crippen molar-refractivity contribution in [1.29, 1.82) is 0 Å². The van der Waals surface area contributed by atoms with E-state index in [9.17, 15) is 9.18 Å². The van der Waals surface area contributed by atoms with Crippen molar-refractivity contribution in [2.24, 2.45) is 5.73 Å². The summed E-state index contributed by atoms with van der Waals surface area (Å²) in [4.78, 5) is 14.5. The number of furan rings is 1. The number of benzene rings is 1. The van der Waals surface area contributed by atoms with Crippen molar-refractivity contribution in [3.63, 3.8) is 0 Å². The summed E-state index contributed by atoms with van der Waals surface area (Å²) in [6.07, 6.45) is 1.39. The molecule has 1 unspecified atom stereocenters. The van der Waals surface area contributed by atoms with Crippen LogP contribution < -0.4 is 11.1 Å². The number of ether oxygens (including phenoxy) is 1. The number of nitrogens with zero attached hydrogens (tertiary/aromatic N) is 1. The third kappa shape index (κ3) is 6.19. The maximum absolute atomic E-state index is 13.6. The third-order valence-electron chi connectivity index (χ3n) is 4.29. The molecule has 0 spiro atoms. The number of nitrogens with one attached hydrogen (secondary N) is 1. The maximum Gasteiger partial charge on any atom is 0.254 e. The molecule has 1 aromatic carbocycles. The molecule has 1 atom stereocenters. The van der Waals surface area contributed by atoms with Crippen molar-refractivity contribution in [2.75, 3.05) is 32.8 Å². The molecule has 1 saturated heterocycles. The number of carbonyl (C=O) groups is 1. The summed E-state index contributed by atoms with van der Waals surface area (Å²) in [6, 6.07) is 7.99. The molecule has 27 heavy (non-hydrogen) atoms. The second kappa shape index (κ2) is 11.3. The van der Waals surface area contributed by atoms with Gasteiger partial charge in [-0.05, 0) is 23.8 Å². The number of halogens is 3. The van der Waals surface area contributed by atoms with Crippen LogP contribution in [0.3, 0.4) is 0 Å². The van der Waals surface area contributed by atoms with Gasteiger partial charge in [-0.1, -0.05) is 12.1 Å². The molecule has 2 heterocycles. The zero-order valence-electron chi connectivity index (χ0n) is 14.7. The second-order valence-corrected chi connectivity index (χ2v) is 5.93. The number of nitrogens with two attached hydrogens (primary N) is 1. The fraction of sp³-hybridized carbons (Fsp3) is 0.389. The quantitative estimate of drug-likeness (QED) is 0.751. The van der Waals surface area contributed by atoms with E-state index in [-0.39, 0.29) is 49.1 Å². The van der Waals surface area contributed by atoms with Crippen LogP contribution in [0.4, 0.5) is 4.39 Å². The Balaban J connectivity index is 0.00000182. The number of rotatable bonds is 6. The topological polar surface area (TPSA) is 80.7 Å². The normalized spacial score (nSPS) is 15.3. The highest BCUT2D eigenvalue weighted by Crippen LogP contribution is 2.22. The molecule has 1 amide bonds. The van der Waals surface area contributed by atoms with Gasteiger partial charge in [0, 0.05) is 19.6 Å². The van der Waals surface area contributed by atoms with E-state index in [1.807, 2.05) is 6.07 Å². The molecule has 1 aromatic heterocycles. The molecule has 1 aliphatic heterocycles. The van der Waals surface area contributed by atoms with Crippen molar-refractivity contribution in [3.05, 3.63) is 59.3 Å². The van der Waals surface area contributed by atoms with Gasteiger partial charge in [-0.15, -0.1) is 24.8 Å². The number of morpholine rings is 1. The van der Waals surface area contributed by atoms with Crippen LogP contribution in [-0.2, 0) is 11.3 Å². The monoisotopic (exact) mass is 419 g/mol. The summed E-state index contributed by atoms with van der Waals surface area (Å²) in [6.45, 7) is 3.33. The van der Waals surface area contributed by atoms with E-state index < -0.39 is 0 Å². The number of amides is 1. The van der Waals surface area contributed by atoms with Gasteiger partial charge >= 0.3 is 0 Å². The molecule has 0 radical (unpaired) electrons. The molecule has 3 N–H and O–H groups in total. The van der Waals surface area contributed by atoms with Crippen LogP contribution in [0.25, 0.3) is 0 Å². The van der Waals surface area contributed by atoms with E-state index in [1.54, 1.807) is 12.1 Å². The van der Waals surface area contributed by atoms with Gasteiger partial charge in [-0.2, -0.15) is 0 Å². The molecule has 1 fully saturated rings. The number of hydrogen-bond acceptors (Lipinski definition) is 5. The molecule has 3 rings (SSSR count). The lowest BCUT2D eigenvalue weighted by Gasteiger charge is -2.34. The Labute approximate surface area is 170 Å². The Morgan fingerprint density at radius 1 is 1.26 bits per heavy atom. The van der Waals surface area contributed by atoms with E-state index in [1.165, 1.54) is 18.4 Å². The van der Waals surface area contributed by atoms with E-state index in [2.05, 4.69) is 10.2 Å². The summed E-state index contributed by atoms with van der Waals surface area (Å²) in [5, 5.41) is 2.91. The Hall–Kier alpha value is -1.64. The second-order valence-electron chi connectivity index (χ2n) is 5.93. The largest absolute Gasteiger partial charge is 0.467 e. The Morgan fingerprint density at radius 3 is 2.63 bits per heavy atom. The minimum atomic E-state index is -0.287. The summed E-state index contributed by atoms with van der Waals surface area (Å²) in [7, 11) is 0. The van der Waals surface area contributed by atoms with Crippen LogP contribution in [-0.4, -0.2) is 43.7 Å². The third-order valence-corrected chi connectivity index (χ3v) is 4.29. The van der Waals surface area contributed by atoms with Crippen LogP contribution >= 0.6 is 24.8 Å². The summed E-state index contributed by atoms with van der Waals surface area (Å²) < 4.78 is 24.2. The van der Waals surface area contributed by atoms with Crippen LogP contribution in [0.2, 0.25) is 0 Å². The molecule has 9 heteroatoms. The Morgan fingerprint density at radius 2 is 2.00 bits per heavy atom. The van der Waals surface area contributed by atoms with Crippen LogP contribution in [0, 0.1) is 5.82 Å². The van der Waals surface area contributed by atoms with Gasteiger partial charge in [0.05, 0.1) is 31.4 Å². The first-order chi connectivity index (χ1) is 12.2. The van der Waals surface area contributed by atoms with Crippen molar-refractivity contribution in [1.82, 2.24) is 10.2 Å². The average molecular weight is 420 g/mol. The Kier molecular flexibility index (Phi) is 9.76. The van der Waals surface area contributed by atoms with E-state index in [0.717, 1.165) is 18.7 Å². The first-order valence-corrected chi connectivity index (χ1v) is 8.30. The zero-order valence-corrected chi connectivity index (χ0v) is 16.4. The molecular weight excluding hydrogens is 396 g/mol. The SMILES string of the molecule is Cl.Cl.NCc1cc(C(=O)NCC(c2cccc(F)c2)N2CCOCC2)co1. The highest BCUT2D eigenvalue weighted by molar-refractivity contribution is 5.94. The lowest BCUT2D eigenvalue weighted by Crippen LogP contribution is -2.43. The highest BCUT2D eigenvalue weighted by atomic mass is 35.5. The molecular formula is C18H24Cl2FN3O3. The minimum Gasteiger partial charge on any atom is -0.467 e. The molecule has 2 aromatic rings. The number of hydrogen-bond donors (Lipinski definition) is 2. The van der Waals surface area contributed by atoms with Gasteiger partial charge in [-0.3, -0.25) is 9.69 Å². The van der Waals surface area contributed by atoms with Gasteiger partial charge < -0.3 is 20.2 Å². The fourth-order valence-corrected chi connectivity index (χ4v) is 2.96. The van der Waals surface area contributed by atoms with Gasteiger partial charge in [0.2, 0.25) is 0 Å². The molecule has 0 saturated carbocycles. The molecule has 6 nitrogen and oxygen atoms in total. The summed E-state index contributed by atoms with van der Waals surface area (Å²) >= 11 is 0. The maximum atomic E-state index is 13.6. The van der Waals surface area contributed by atoms with E-state index >= 15 is 0 Å². The standard InChI is InChI=1S/C18H22FN3O3.2ClH/c19-15-3-1-2-13(8-15)17(22-4-6-24-7-5-22)11-21-18(23)14-9-16(10-20)25-12-14;;/h1-3,8-9,12,17H,4-7,10-11,20H2,(H,21,23);2*1H. The van der Waals surface area contributed by atoms with Crippen molar-refractivity contribution in [2.45, 2.75) is 12.6 Å². The van der Waals surface area contributed by atoms with Crippen molar-refractivity contribution < 1.29 is 18.3 Å². The van der Waals surface area contributed by atoms with Crippen LogP contribution in [0.5, 0.6) is 0 Å². The zero-order chi connectivity index (χ0) is 17.6. The van der Waals surface area contributed by atoms with Gasteiger partial charge in [-0.25, -0.2) is 4.39 Å². The summed E-state index contributed by atoms with van der Waals surface area (Å²) in [5.74, 6) is 0.0302. The first-order valence-electron chi connectivity index (χ1n) is 8.30. The van der Waals surface area contributed by atoms with Gasteiger partial charge in [0.15, 0.2) is 0 Å². The minimum absolute atomic E-state index is 0. The smallest absolute Gasteiger partial charge is 0.254 e. The predicted octanol–water partition coefficient (Wildman–Crippen LogP) is 2.52. The van der Waals surface area contributed by atoms with Gasteiger partial charge in [0.1, 0.15) is 17.8 Å². The summed E-state index contributed by atoms with van der Waals surface area (Å²) in [5.41, 5.74) is 6.76. The molecule has 150 valence electrons. The molecule has 0 aliphatic carbocycles. The van der Waals surface area contributed by atoms with E-state index in [4.69, 9.17) is 14.9 Å². The lowest BCUT2D eigenvalue weighted by molar-refractivity contribution is 0.0162. The van der Waals surface area contributed by atoms with Crippen molar-refractivity contribution in [3.8, 4) is 0 Å². The van der Waals surface area contributed by atoms with Crippen LogP contribution in [0.1, 0.15) is 27.7 Å². The average Bonchev–Trinajstić information content (AvgIpc) is 3.12. The fourth-order valence-electron chi connectivity index (χ4n) is 2.96. The number of carbonyl (C=O) groups excluding carboxylic acids is 1.